The third kappa shape index (κ3) is 4.67. The number of carbonyl (C=O) groups excluding carboxylic acids is 1. The predicted octanol–water partition coefficient (Wildman–Crippen LogP) is 2.19. The van der Waals surface area contributed by atoms with Gasteiger partial charge in [0.2, 0.25) is 0 Å². The molecule has 0 radical (unpaired) electrons. The van der Waals surface area contributed by atoms with E-state index in [4.69, 9.17) is 9.47 Å². The Balaban J connectivity index is 2.07. The molecular formula is C15H14N2O6. The average molecular weight is 318 g/mol. The van der Waals surface area contributed by atoms with Gasteiger partial charge in [0.1, 0.15) is 24.7 Å². The third-order valence-electron chi connectivity index (χ3n) is 2.91. The average Bonchev–Trinajstić information content (AvgIpc) is 2.58. The van der Waals surface area contributed by atoms with Crippen molar-refractivity contribution < 1.29 is 24.2 Å². The van der Waals surface area contributed by atoms with E-state index in [0.29, 0.717) is 34.7 Å². The molecule has 0 spiro atoms. The fraction of sp³-hybridized carbons (Fsp3) is 0.200. The summed E-state index contributed by atoms with van der Waals surface area (Å²) in [7, 11) is 1.51. The number of aromatic nitrogens is 1. The molecule has 0 unspecified atom stereocenters. The minimum atomic E-state index is -0.878. The molecule has 0 N–H and O–H groups in total. The van der Waals surface area contributed by atoms with E-state index in [9.17, 15) is 14.9 Å². The molecule has 0 atom stereocenters. The highest BCUT2D eigenvalue weighted by Crippen LogP contribution is 2.24. The molecule has 0 amide bonds. The van der Waals surface area contributed by atoms with E-state index >= 15 is 0 Å². The van der Waals surface area contributed by atoms with Gasteiger partial charge in [0.05, 0.1) is 24.1 Å². The van der Waals surface area contributed by atoms with Crippen LogP contribution in [0.1, 0.15) is 21.7 Å². The molecule has 0 saturated heterocycles. The summed E-state index contributed by atoms with van der Waals surface area (Å²) in [5.74, 6) is 0.930. The molecule has 1 aromatic heterocycles. The molecule has 0 bridgehead atoms. The van der Waals surface area contributed by atoms with Crippen molar-refractivity contribution in [3.05, 3.63) is 63.5 Å². The highest BCUT2D eigenvalue weighted by atomic mass is 16.9. The second-order valence-corrected chi connectivity index (χ2v) is 4.43. The van der Waals surface area contributed by atoms with Gasteiger partial charge in [0, 0.05) is 6.07 Å². The normalized spacial score (nSPS) is 9.96. The van der Waals surface area contributed by atoms with Crippen LogP contribution in [0.25, 0.3) is 0 Å². The number of hydrogen-bond acceptors (Lipinski definition) is 7. The van der Waals surface area contributed by atoms with E-state index in [1.54, 1.807) is 36.4 Å². The summed E-state index contributed by atoms with van der Waals surface area (Å²) >= 11 is 0. The molecule has 0 fully saturated rings. The van der Waals surface area contributed by atoms with Gasteiger partial charge in [0.15, 0.2) is 6.29 Å². The molecule has 0 aliphatic rings. The Morgan fingerprint density at radius 1 is 1.22 bits per heavy atom. The summed E-state index contributed by atoms with van der Waals surface area (Å²) in [6.45, 7) is -0.139. The van der Waals surface area contributed by atoms with Crippen molar-refractivity contribution in [1.82, 2.24) is 4.98 Å². The number of carbonyl (C=O) groups is 1. The van der Waals surface area contributed by atoms with Gasteiger partial charge >= 0.3 is 0 Å². The lowest BCUT2D eigenvalue weighted by molar-refractivity contribution is -0.763. The lowest BCUT2D eigenvalue weighted by Gasteiger charge is -2.10. The Kier molecular flexibility index (Phi) is 5.45. The summed E-state index contributed by atoms with van der Waals surface area (Å²) in [6, 6.07) is 9.85. The number of benzene rings is 1. The number of nitrogens with zero attached hydrogens (tertiary/aromatic N) is 2. The SMILES string of the molecule is COc1ccc(C=O)c(OCc2cccc(CO[N+](=O)[O-])n2)c1. The van der Waals surface area contributed by atoms with Crippen molar-refractivity contribution in [2.24, 2.45) is 0 Å². The quantitative estimate of drug-likeness (QED) is 0.417. The first-order valence-corrected chi connectivity index (χ1v) is 6.60. The van der Waals surface area contributed by atoms with Crippen molar-refractivity contribution in [2.75, 3.05) is 7.11 Å². The van der Waals surface area contributed by atoms with E-state index < -0.39 is 5.09 Å². The maximum absolute atomic E-state index is 11.0. The van der Waals surface area contributed by atoms with Gasteiger partial charge in [-0.15, -0.1) is 10.1 Å². The topological polar surface area (TPSA) is 101 Å². The van der Waals surface area contributed by atoms with Crippen LogP contribution in [-0.2, 0) is 18.1 Å². The fourth-order valence-corrected chi connectivity index (χ4v) is 1.82. The van der Waals surface area contributed by atoms with Gasteiger partial charge in [0.25, 0.3) is 5.09 Å². The van der Waals surface area contributed by atoms with Gasteiger partial charge in [-0.1, -0.05) is 6.07 Å². The largest absolute Gasteiger partial charge is 0.497 e. The maximum Gasteiger partial charge on any atom is 0.294 e. The second-order valence-electron chi connectivity index (χ2n) is 4.43. The zero-order valence-corrected chi connectivity index (χ0v) is 12.3. The summed E-state index contributed by atoms with van der Waals surface area (Å²) in [5, 5.41) is 9.31. The zero-order valence-electron chi connectivity index (χ0n) is 12.3. The first-order chi connectivity index (χ1) is 11.1. The molecular weight excluding hydrogens is 304 g/mol. The first-order valence-electron chi connectivity index (χ1n) is 6.60. The lowest BCUT2D eigenvalue weighted by atomic mass is 10.2. The van der Waals surface area contributed by atoms with Crippen LogP contribution in [-0.4, -0.2) is 23.5 Å². The second kappa shape index (κ2) is 7.74. The van der Waals surface area contributed by atoms with Crippen LogP contribution in [0.15, 0.2) is 36.4 Å². The van der Waals surface area contributed by atoms with Gasteiger partial charge in [-0.25, -0.2) is 0 Å². The fourth-order valence-electron chi connectivity index (χ4n) is 1.82. The lowest BCUT2D eigenvalue weighted by Crippen LogP contribution is -2.05. The Bertz CT molecular complexity index is 704. The molecule has 0 saturated carbocycles. The molecule has 0 aliphatic heterocycles. The van der Waals surface area contributed by atoms with Gasteiger partial charge in [-0.2, -0.15) is 0 Å². The van der Waals surface area contributed by atoms with E-state index in [1.807, 2.05) is 0 Å². The van der Waals surface area contributed by atoms with Crippen molar-refractivity contribution in [2.45, 2.75) is 13.2 Å². The number of pyridine rings is 1. The van der Waals surface area contributed by atoms with E-state index in [-0.39, 0.29) is 13.2 Å². The molecule has 120 valence electrons. The molecule has 23 heavy (non-hydrogen) atoms. The summed E-state index contributed by atoms with van der Waals surface area (Å²) in [6.07, 6.45) is 0.684. The standard InChI is InChI=1S/C15H14N2O6/c1-21-14-6-5-11(8-18)15(7-14)22-9-12-3-2-4-13(16-12)10-23-17(19)20/h2-8H,9-10H2,1H3. The Hall–Kier alpha value is -3.16. The van der Waals surface area contributed by atoms with Gasteiger partial charge in [-0.05, 0) is 24.3 Å². The number of methoxy groups -OCH3 is 1. The summed E-state index contributed by atoms with van der Waals surface area (Å²) in [4.78, 5) is 29.7. The summed E-state index contributed by atoms with van der Waals surface area (Å²) < 4.78 is 10.7. The van der Waals surface area contributed by atoms with Gasteiger partial charge in [-0.3, -0.25) is 9.78 Å². The summed E-state index contributed by atoms with van der Waals surface area (Å²) in [5.41, 5.74) is 1.34. The Morgan fingerprint density at radius 3 is 2.61 bits per heavy atom. The highest BCUT2D eigenvalue weighted by molar-refractivity contribution is 5.79. The Morgan fingerprint density at radius 2 is 1.96 bits per heavy atom. The van der Waals surface area contributed by atoms with Crippen LogP contribution in [0.5, 0.6) is 11.5 Å². The van der Waals surface area contributed by atoms with E-state index in [1.165, 1.54) is 7.11 Å². The molecule has 8 nitrogen and oxygen atoms in total. The van der Waals surface area contributed by atoms with Crippen molar-refractivity contribution in [1.29, 1.82) is 0 Å². The number of hydrogen-bond donors (Lipinski definition) is 0. The van der Waals surface area contributed by atoms with Gasteiger partial charge < -0.3 is 14.3 Å². The smallest absolute Gasteiger partial charge is 0.294 e. The highest BCUT2D eigenvalue weighted by Gasteiger charge is 2.07. The molecule has 1 aromatic carbocycles. The molecule has 2 rings (SSSR count). The zero-order chi connectivity index (χ0) is 16.7. The molecule has 0 aliphatic carbocycles. The van der Waals surface area contributed by atoms with Crippen LogP contribution >= 0.6 is 0 Å². The van der Waals surface area contributed by atoms with Crippen LogP contribution in [0.4, 0.5) is 0 Å². The maximum atomic E-state index is 11.0. The molecule has 8 heteroatoms. The molecule has 1 heterocycles. The number of aldehydes is 1. The monoisotopic (exact) mass is 318 g/mol. The van der Waals surface area contributed by atoms with Crippen molar-refractivity contribution in [3.63, 3.8) is 0 Å². The van der Waals surface area contributed by atoms with Crippen LogP contribution in [0.2, 0.25) is 0 Å². The van der Waals surface area contributed by atoms with Crippen LogP contribution in [0, 0.1) is 10.1 Å². The molecule has 2 aromatic rings. The minimum absolute atomic E-state index is 0.0975. The van der Waals surface area contributed by atoms with E-state index in [0.717, 1.165) is 0 Å². The number of ether oxygens (including phenoxy) is 2. The minimum Gasteiger partial charge on any atom is -0.497 e. The van der Waals surface area contributed by atoms with Crippen LogP contribution < -0.4 is 9.47 Å². The van der Waals surface area contributed by atoms with Crippen molar-refractivity contribution >= 4 is 6.29 Å². The third-order valence-corrected chi connectivity index (χ3v) is 2.91. The van der Waals surface area contributed by atoms with E-state index in [2.05, 4.69) is 9.82 Å². The number of rotatable bonds is 8. The first kappa shape index (κ1) is 16.2. The Labute approximate surface area is 131 Å². The van der Waals surface area contributed by atoms with Crippen LogP contribution in [0.3, 0.4) is 0 Å². The van der Waals surface area contributed by atoms with Crippen molar-refractivity contribution in [3.8, 4) is 11.5 Å². The predicted molar refractivity (Wildman–Crippen MR) is 78.7 cm³/mol.